The fourth-order valence-electron chi connectivity index (χ4n) is 6.01. The molecular weight excluding hydrogens is 600 g/mol. The van der Waals surface area contributed by atoms with Crippen molar-refractivity contribution >= 4 is 17.9 Å². The summed E-state index contributed by atoms with van der Waals surface area (Å²) in [5.41, 5.74) is 0. The third kappa shape index (κ3) is 34.3. The third-order valence-electron chi connectivity index (χ3n) is 9.58. The van der Waals surface area contributed by atoms with E-state index in [0.29, 0.717) is 19.3 Å². The van der Waals surface area contributed by atoms with Crippen LogP contribution in [-0.4, -0.2) is 37.2 Å². The van der Waals surface area contributed by atoms with Crippen molar-refractivity contribution in [1.29, 1.82) is 0 Å². The highest BCUT2D eigenvalue weighted by Gasteiger charge is 2.19. The summed E-state index contributed by atoms with van der Waals surface area (Å²) in [6.45, 7) is 11.2. The molecule has 0 radical (unpaired) electrons. The fourth-order valence-corrected chi connectivity index (χ4v) is 6.01. The zero-order chi connectivity index (χ0) is 35.5. The van der Waals surface area contributed by atoms with Crippen LogP contribution in [0, 0.1) is 11.8 Å². The van der Waals surface area contributed by atoms with Crippen LogP contribution < -0.4 is 0 Å². The van der Waals surface area contributed by atoms with Crippen LogP contribution in [0.4, 0.5) is 0 Å². The van der Waals surface area contributed by atoms with Crippen LogP contribution in [0.1, 0.15) is 221 Å². The van der Waals surface area contributed by atoms with E-state index >= 15 is 0 Å². The van der Waals surface area contributed by atoms with Crippen LogP contribution in [0.3, 0.4) is 0 Å². The number of esters is 3. The van der Waals surface area contributed by atoms with Gasteiger partial charge in [-0.3, -0.25) is 14.4 Å². The van der Waals surface area contributed by atoms with E-state index in [4.69, 9.17) is 14.2 Å². The van der Waals surface area contributed by atoms with E-state index in [1.165, 1.54) is 103 Å². The first-order valence-corrected chi connectivity index (χ1v) is 20.8. The predicted octanol–water partition coefficient (Wildman–Crippen LogP) is 12.6. The molecule has 0 amide bonds. The lowest BCUT2D eigenvalue weighted by atomic mass is 9.99. The van der Waals surface area contributed by atoms with Crippen LogP contribution in [0.5, 0.6) is 0 Å². The van der Waals surface area contributed by atoms with Crippen molar-refractivity contribution in [3.63, 3.8) is 0 Å². The maximum atomic E-state index is 12.6. The second kappa shape index (κ2) is 35.2. The van der Waals surface area contributed by atoms with Gasteiger partial charge in [-0.1, -0.05) is 182 Å². The molecule has 284 valence electrons. The molecule has 0 saturated heterocycles. The molecule has 0 N–H and O–H groups in total. The lowest BCUT2D eigenvalue weighted by Gasteiger charge is -2.18. The smallest absolute Gasteiger partial charge is 0.306 e. The first-order chi connectivity index (χ1) is 23.3. The molecule has 2 atom stereocenters. The maximum absolute atomic E-state index is 12.6. The summed E-state index contributed by atoms with van der Waals surface area (Å²) in [6.07, 6.45) is 31.1. The molecular formula is C42H80O6. The molecule has 0 bridgehead atoms. The molecule has 0 aliphatic heterocycles. The van der Waals surface area contributed by atoms with Crippen molar-refractivity contribution in [2.24, 2.45) is 11.8 Å². The second-order valence-electron chi connectivity index (χ2n) is 15.0. The van der Waals surface area contributed by atoms with Crippen molar-refractivity contribution < 1.29 is 28.6 Å². The van der Waals surface area contributed by atoms with E-state index in [0.717, 1.165) is 76.0 Å². The molecule has 0 fully saturated rings. The minimum atomic E-state index is -0.758. The molecule has 0 aromatic rings. The van der Waals surface area contributed by atoms with Gasteiger partial charge in [-0.25, -0.2) is 0 Å². The van der Waals surface area contributed by atoms with Crippen molar-refractivity contribution in [1.82, 2.24) is 0 Å². The lowest BCUT2D eigenvalue weighted by molar-refractivity contribution is -0.167. The van der Waals surface area contributed by atoms with E-state index in [1.807, 2.05) is 0 Å². The Bertz CT molecular complexity index is 736. The molecule has 6 nitrogen and oxygen atoms in total. The quantitative estimate of drug-likeness (QED) is 0.0372. The van der Waals surface area contributed by atoms with Crippen molar-refractivity contribution in [3.8, 4) is 0 Å². The summed E-state index contributed by atoms with van der Waals surface area (Å²) < 4.78 is 16.5. The number of unbranched alkanes of at least 4 members (excludes halogenated alkanes) is 20. The van der Waals surface area contributed by atoms with Crippen LogP contribution in [0.15, 0.2) is 0 Å². The fraction of sp³-hybridized carbons (Fsp3) is 0.929. The summed E-state index contributed by atoms with van der Waals surface area (Å²) in [5.74, 6) is 0.786. The highest BCUT2D eigenvalue weighted by molar-refractivity contribution is 5.71. The Morgan fingerprint density at radius 2 is 0.792 bits per heavy atom. The van der Waals surface area contributed by atoms with Gasteiger partial charge in [0.1, 0.15) is 13.2 Å². The Morgan fingerprint density at radius 1 is 0.438 bits per heavy atom. The molecule has 0 rings (SSSR count). The van der Waals surface area contributed by atoms with Gasteiger partial charge >= 0.3 is 17.9 Å². The Labute approximate surface area is 298 Å². The Hall–Kier alpha value is -1.59. The van der Waals surface area contributed by atoms with E-state index in [1.54, 1.807) is 0 Å². The summed E-state index contributed by atoms with van der Waals surface area (Å²) >= 11 is 0. The summed E-state index contributed by atoms with van der Waals surface area (Å²) in [5, 5.41) is 0. The second-order valence-corrected chi connectivity index (χ2v) is 15.0. The van der Waals surface area contributed by atoms with E-state index in [2.05, 4.69) is 34.6 Å². The van der Waals surface area contributed by atoms with E-state index in [-0.39, 0.29) is 31.1 Å². The molecule has 0 aliphatic carbocycles. The minimum absolute atomic E-state index is 0.0671. The van der Waals surface area contributed by atoms with Gasteiger partial charge in [0.2, 0.25) is 0 Å². The van der Waals surface area contributed by atoms with Gasteiger partial charge in [0, 0.05) is 19.3 Å². The number of ether oxygens (including phenoxy) is 3. The third-order valence-corrected chi connectivity index (χ3v) is 9.58. The van der Waals surface area contributed by atoms with Gasteiger partial charge in [0.25, 0.3) is 0 Å². The van der Waals surface area contributed by atoms with Crippen molar-refractivity contribution in [2.45, 2.75) is 227 Å². The van der Waals surface area contributed by atoms with Crippen LogP contribution in [0.2, 0.25) is 0 Å². The average molecular weight is 681 g/mol. The summed E-state index contributed by atoms with van der Waals surface area (Å²) in [4.78, 5) is 37.3. The van der Waals surface area contributed by atoms with Crippen LogP contribution in [0.25, 0.3) is 0 Å². The average Bonchev–Trinajstić information content (AvgIpc) is 3.06. The Balaban J connectivity index is 4.25. The van der Waals surface area contributed by atoms with Crippen LogP contribution in [-0.2, 0) is 28.6 Å². The van der Waals surface area contributed by atoms with Gasteiger partial charge in [-0.15, -0.1) is 0 Å². The summed E-state index contributed by atoms with van der Waals surface area (Å²) in [6, 6.07) is 0. The van der Waals surface area contributed by atoms with E-state index in [9.17, 15) is 14.4 Å². The lowest BCUT2D eigenvalue weighted by Crippen LogP contribution is -2.30. The molecule has 48 heavy (non-hydrogen) atoms. The van der Waals surface area contributed by atoms with Gasteiger partial charge < -0.3 is 14.2 Å². The molecule has 0 heterocycles. The zero-order valence-corrected chi connectivity index (χ0v) is 32.6. The first-order valence-electron chi connectivity index (χ1n) is 20.8. The topological polar surface area (TPSA) is 78.9 Å². The molecule has 0 aromatic carbocycles. The number of carbonyl (C=O) groups is 3. The van der Waals surface area contributed by atoms with Gasteiger partial charge in [-0.2, -0.15) is 0 Å². The first kappa shape index (κ1) is 46.4. The predicted molar refractivity (Wildman–Crippen MR) is 201 cm³/mol. The highest BCUT2D eigenvalue weighted by Crippen LogP contribution is 2.17. The zero-order valence-electron chi connectivity index (χ0n) is 32.6. The van der Waals surface area contributed by atoms with Gasteiger partial charge in [0.05, 0.1) is 0 Å². The SMILES string of the molecule is CCCCCCCC(=O)OC[C@H](COC(=O)CCCCCCCCCCC(C)C)OC(=O)CCCCCCCCCCCCC(C)CC. The van der Waals surface area contributed by atoms with Gasteiger partial charge in [0.15, 0.2) is 6.10 Å². The highest BCUT2D eigenvalue weighted by atomic mass is 16.6. The minimum Gasteiger partial charge on any atom is -0.462 e. The van der Waals surface area contributed by atoms with E-state index < -0.39 is 6.10 Å². The number of hydrogen-bond acceptors (Lipinski definition) is 6. The van der Waals surface area contributed by atoms with Crippen LogP contribution >= 0.6 is 0 Å². The standard InChI is InChI=1S/C42H80O6/c1-6-8-9-20-27-32-40(43)46-35-39(36-47-41(44)33-28-23-18-15-14-16-21-25-30-37(3)4)48-42(45)34-29-24-19-13-11-10-12-17-22-26-31-38(5)7-2/h37-39H,6-36H2,1-5H3/t38?,39-/m1/s1. The molecule has 6 heteroatoms. The monoisotopic (exact) mass is 681 g/mol. The largest absolute Gasteiger partial charge is 0.462 e. The Morgan fingerprint density at radius 3 is 1.19 bits per heavy atom. The molecule has 0 saturated carbocycles. The summed E-state index contributed by atoms with van der Waals surface area (Å²) in [7, 11) is 0. The Kier molecular flexibility index (Phi) is 34.1. The number of hydrogen-bond donors (Lipinski definition) is 0. The number of carbonyl (C=O) groups excluding carboxylic acids is 3. The maximum Gasteiger partial charge on any atom is 0.306 e. The molecule has 0 spiro atoms. The molecule has 0 aliphatic rings. The van der Waals surface area contributed by atoms with Crippen molar-refractivity contribution in [3.05, 3.63) is 0 Å². The van der Waals surface area contributed by atoms with Crippen molar-refractivity contribution in [2.75, 3.05) is 13.2 Å². The number of rotatable bonds is 36. The molecule has 1 unspecified atom stereocenters. The normalized spacial score (nSPS) is 12.6. The molecule has 0 aromatic heterocycles. The van der Waals surface area contributed by atoms with Gasteiger partial charge in [-0.05, 0) is 31.1 Å².